The summed E-state index contributed by atoms with van der Waals surface area (Å²) in [7, 11) is 0. The third kappa shape index (κ3) is 2.98. The highest BCUT2D eigenvalue weighted by molar-refractivity contribution is 5.78. The molecule has 0 amide bonds. The Kier molecular flexibility index (Phi) is 3.93. The minimum Gasteiger partial charge on any atom is -0.393 e. The quantitative estimate of drug-likeness (QED) is 0.767. The molecule has 126 valence electrons. The average molecular weight is 332 g/mol. The summed E-state index contributed by atoms with van der Waals surface area (Å²) in [5.41, 5.74) is 10.7. The molecule has 0 unspecified atom stereocenters. The van der Waals surface area contributed by atoms with Gasteiger partial charge in [-0.15, -0.1) is 0 Å². The van der Waals surface area contributed by atoms with Crippen LogP contribution in [0.3, 0.4) is 0 Å². The molecule has 6 nitrogen and oxygen atoms in total. The number of hydrogen-bond donors (Lipinski definition) is 2. The number of anilines is 4. The van der Waals surface area contributed by atoms with Crippen molar-refractivity contribution in [2.24, 2.45) is 0 Å². The van der Waals surface area contributed by atoms with Gasteiger partial charge in [0.15, 0.2) is 11.6 Å². The lowest BCUT2D eigenvalue weighted by molar-refractivity contribution is 0.721. The van der Waals surface area contributed by atoms with Crippen molar-refractivity contribution in [3.05, 3.63) is 65.6 Å². The summed E-state index contributed by atoms with van der Waals surface area (Å²) in [6, 6.07) is 12.4. The van der Waals surface area contributed by atoms with E-state index in [4.69, 9.17) is 5.73 Å². The fourth-order valence-electron chi connectivity index (χ4n) is 3.14. The van der Waals surface area contributed by atoms with Gasteiger partial charge in [-0.25, -0.2) is 15.0 Å². The molecule has 3 N–H and O–H groups in total. The summed E-state index contributed by atoms with van der Waals surface area (Å²) in [4.78, 5) is 15.3. The van der Waals surface area contributed by atoms with E-state index in [1.165, 1.54) is 11.1 Å². The molecular weight excluding hydrogens is 312 g/mol. The van der Waals surface area contributed by atoms with Crippen LogP contribution in [0.4, 0.5) is 23.1 Å². The number of nitrogen functional groups attached to an aromatic ring is 1. The van der Waals surface area contributed by atoms with Crippen LogP contribution in [0.25, 0.3) is 0 Å². The average Bonchev–Trinajstić information content (AvgIpc) is 2.65. The minimum atomic E-state index is 0.548. The first kappa shape index (κ1) is 15.4. The predicted molar refractivity (Wildman–Crippen MR) is 99.9 cm³/mol. The monoisotopic (exact) mass is 332 g/mol. The highest BCUT2D eigenvalue weighted by atomic mass is 15.2. The van der Waals surface area contributed by atoms with Crippen molar-refractivity contribution in [3.63, 3.8) is 0 Å². The second-order valence-corrected chi connectivity index (χ2v) is 6.19. The second kappa shape index (κ2) is 6.39. The molecule has 1 aliphatic heterocycles. The van der Waals surface area contributed by atoms with Crippen LogP contribution in [0.15, 0.2) is 48.9 Å². The molecule has 0 fully saturated rings. The molecule has 0 bridgehead atoms. The maximum Gasteiger partial charge on any atom is 0.160 e. The zero-order chi connectivity index (χ0) is 17.2. The van der Waals surface area contributed by atoms with Gasteiger partial charge in [0.1, 0.15) is 17.8 Å². The lowest BCUT2D eigenvalue weighted by Crippen LogP contribution is -2.31. The zero-order valence-corrected chi connectivity index (χ0v) is 14.1. The molecule has 0 aliphatic carbocycles. The van der Waals surface area contributed by atoms with Crippen LogP contribution < -0.4 is 16.0 Å². The maximum absolute atomic E-state index is 6.38. The first-order valence-electron chi connectivity index (χ1n) is 8.33. The number of fused-ring (bicyclic) bond motifs is 1. The molecule has 1 aliphatic rings. The van der Waals surface area contributed by atoms with E-state index in [9.17, 15) is 0 Å². The highest BCUT2D eigenvalue weighted by Crippen LogP contribution is 2.31. The van der Waals surface area contributed by atoms with Crippen LogP contribution in [-0.2, 0) is 13.0 Å². The Bertz CT molecular complexity index is 908. The molecule has 25 heavy (non-hydrogen) atoms. The zero-order valence-electron chi connectivity index (χ0n) is 14.1. The van der Waals surface area contributed by atoms with Gasteiger partial charge < -0.3 is 16.0 Å². The molecule has 6 heteroatoms. The molecule has 0 saturated heterocycles. The van der Waals surface area contributed by atoms with Crippen LogP contribution in [0.5, 0.6) is 0 Å². The molecule has 3 aromatic rings. The third-order valence-corrected chi connectivity index (χ3v) is 4.54. The number of aromatic nitrogens is 3. The number of nitrogens with zero attached hydrogens (tertiary/aromatic N) is 4. The molecule has 0 radical (unpaired) electrons. The van der Waals surface area contributed by atoms with E-state index in [2.05, 4.69) is 49.4 Å². The van der Waals surface area contributed by atoms with Gasteiger partial charge in [0.05, 0.1) is 0 Å². The van der Waals surface area contributed by atoms with Crippen LogP contribution >= 0.6 is 0 Å². The van der Waals surface area contributed by atoms with Crippen LogP contribution in [0, 0.1) is 6.92 Å². The summed E-state index contributed by atoms with van der Waals surface area (Å²) in [5.74, 6) is 2.11. The molecule has 2 aromatic heterocycles. The Morgan fingerprint density at radius 1 is 1.00 bits per heavy atom. The Balaban J connectivity index is 1.63. The Labute approximate surface area is 146 Å². The molecule has 0 saturated carbocycles. The lowest BCUT2D eigenvalue weighted by atomic mass is 10.00. The third-order valence-electron chi connectivity index (χ3n) is 4.54. The fraction of sp³-hybridized carbons (Fsp3) is 0.211. The number of aryl methyl sites for hydroxylation is 1. The van der Waals surface area contributed by atoms with Gasteiger partial charge in [0.2, 0.25) is 0 Å². The van der Waals surface area contributed by atoms with E-state index in [1.807, 2.05) is 19.1 Å². The lowest BCUT2D eigenvalue weighted by Gasteiger charge is -2.30. The number of pyridine rings is 1. The van der Waals surface area contributed by atoms with Gasteiger partial charge in [-0.1, -0.05) is 30.3 Å². The van der Waals surface area contributed by atoms with E-state index in [0.29, 0.717) is 11.5 Å². The highest BCUT2D eigenvalue weighted by Gasteiger charge is 2.20. The summed E-state index contributed by atoms with van der Waals surface area (Å²) < 4.78 is 0. The van der Waals surface area contributed by atoms with E-state index in [1.54, 1.807) is 12.5 Å². The van der Waals surface area contributed by atoms with Gasteiger partial charge in [0.25, 0.3) is 0 Å². The van der Waals surface area contributed by atoms with Gasteiger partial charge in [0, 0.05) is 19.3 Å². The van der Waals surface area contributed by atoms with Gasteiger partial charge >= 0.3 is 0 Å². The van der Waals surface area contributed by atoms with Crippen molar-refractivity contribution in [1.29, 1.82) is 0 Å². The number of rotatable bonds is 3. The van der Waals surface area contributed by atoms with E-state index < -0.39 is 0 Å². The largest absolute Gasteiger partial charge is 0.393 e. The number of benzene rings is 1. The fourth-order valence-corrected chi connectivity index (χ4v) is 3.14. The predicted octanol–water partition coefficient (Wildman–Crippen LogP) is 3.07. The van der Waals surface area contributed by atoms with Crippen LogP contribution in [-0.4, -0.2) is 21.5 Å². The molecule has 1 aromatic carbocycles. The summed E-state index contributed by atoms with van der Waals surface area (Å²) >= 11 is 0. The van der Waals surface area contributed by atoms with Crippen LogP contribution in [0.1, 0.15) is 16.7 Å². The number of nitrogens with one attached hydrogen (secondary N) is 1. The Morgan fingerprint density at radius 2 is 1.84 bits per heavy atom. The van der Waals surface area contributed by atoms with Crippen molar-refractivity contribution < 1.29 is 0 Å². The summed E-state index contributed by atoms with van der Waals surface area (Å²) in [6.07, 6.45) is 4.28. The van der Waals surface area contributed by atoms with Gasteiger partial charge in [-0.05, 0) is 36.1 Å². The van der Waals surface area contributed by atoms with E-state index >= 15 is 0 Å². The van der Waals surface area contributed by atoms with Crippen molar-refractivity contribution >= 4 is 23.1 Å². The van der Waals surface area contributed by atoms with E-state index in [0.717, 1.165) is 36.7 Å². The number of nitrogens with two attached hydrogens (primary N) is 1. The second-order valence-electron chi connectivity index (χ2n) is 6.19. The molecular formula is C19H20N6. The first-order valence-corrected chi connectivity index (χ1v) is 8.33. The summed E-state index contributed by atoms with van der Waals surface area (Å²) in [5, 5.41) is 3.23. The first-order chi connectivity index (χ1) is 12.2. The molecule has 0 spiro atoms. The molecule has 4 rings (SSSR count). The Morgan fingerprint density at radius 3 is 2.68 bits per heavy atom. The van der Waals surface area contributed by atoms with E-state index in [-0.39, 0.29) is 0 Å². The van der Waals surface area contributed by atoms with Crippen LogP contribution in [0.2, 0.25) is 0 Å². The Hall–Kier alpha value is -3.15. The maximum atomic E-state index is 6.38. The van der Waals surface area contributed by atoms with Gasteiger partial charge in [-0.2, -0.15) is 0 Å². The van der Waals surface area contributed by atoms with Gasteiger partial charge in [-0.3, -0.25) is 0 Å². The smallest absolute Gasteiger partial charge is 0.160 e. The van der Waals surface area contributed by atoms with Crippen molar-refractivity contribution in [3.8, 4) is 0 Å². The van der Waals surface area contributed by atoms with Crippen molar-refractivity contribution in [2.45, 2.75) is 19.9 Å². The standard InChI is InChI=1S/C19H20N6/c1-13-5-4-9-21-17(13)24-18-16(20)19(23-12-22-18)25-10-8-14-6-2-3-7-15(14)11-25/h2-7,9,12H,8,10-11,20H2,1H3,(H,21,22,23,24). The molecule has 3 heterocycles. The topological polar surface area (TPSA) is 80.0 Å². The SMILES string of the molecule is Cc1cccnc1Nc1ncnc(N2CCc3ccccc3C2)c1N. The normalized spacial score (nSPS) is 13.4. The minimum absolute atomic E-state index is 0.548. The molecule has 0 atom stereocenters. The summed E-state index contributed by atoms with van der Waals surface area (Å²) in [6.45, 7) is 3.69. The van der Waals surface area contributed by atoms with Crippen molar-refractivity contribution in [2.75, 3.05) is 22.5 Å². The van der Waals surface area contributed by atoms with Crippen molar-refractivity contribution in [1.82, 2.24) is 15.0 Å². The number of hydrogen-bond acceptors (Lipinski definition) is 6.